The summed E-state index contributed by atoms with van der Waals surface area (Å²) in [4.78, 5) is 13.3. The second-order valence-electron chi connectivity index (χ2n) is 7.93. The molecule has 1 spiro atoms. The molecule has 0 radical (unpaired) electrons. The maximum atomic E-state index is 13.4. The maximum absolute atomic E-state index is 13.4. The van der Waals surface area contributed by atoms with Gasteiger partial charge in [-0.2, -0.15) is 0 Å². The number of carbonyl (C=O) groups is 1. The number of methoxy groups -OCH3 is 2. The van der Waals surface area contributed by atoms with Crippen LogP contribution in [0.25, 0.3) is 16.7 Å². The molecule has 1 aliphatic carbocycles. The van der Waals surface area contributed by atoms with Gasteiger partial charge in [0.2, 0.25) is 0 Å². The highest BCUT2D eigenvalue weighted by atomic mass is 35.5. The summed E-state index contributed by atoms with van der Waals surface area (Å²) in [6.45, 7) is 0. The van der Waals surface area contributed by atoms with Crippen LogP contribution in [0.1, 0.15) is 31.2 Å². The third-order valence-electron chi connectivity index (χ3n) is 6.13. The first-order chi connectivity index (χ1) is 15.4. The number of rotatable bonds is 4. The average Bonchev–Trinajstić information content (AvgIpc) is 3.05. The number of benzene rings is 2. The lowest BCUT2D eigenvalue weighted by Crippen LogP contribution is -2.49. The van der Waals surface area contributed by atoms with Crippen molar-refractivity contribution in [3.63, 3.8) is 0 Å². The highest BCUT2D eigenvalue weighted by Crippen LogP contribution is 2.45. The van der Waals surface area contributed by atoms with E-state index in [1.165, 1.54) is 19.2 Å². The second kappa shape index (κ2) is 9.17. The molecule has 1 N–H and O–H groups in total. The quantitative estimate of drug-likeness (QED) is 0.611. The molecule has 5 nitrogen and oxygen atoms in total. The van der Waals surface area contributed by atoms with E-state index in [4.69, 9.17) is 38.0 Å². The van der Waals surface area contributed by atoms with Crippen LogP contribution in [0.5, 0.6) is 0 Å². The zero-order chi connectivity index (χ0) is 22.9. The van der Waals surface area contributed by atoms with Crippen molar-refractivity contribution in [3.8, 4) is 11.1 Å². The molecule has 0 atom stereocenters. The van der Waals surface area contributed by atoms with Crippen LogP contribution >= 0.6 is 23.8 Å². The molecule has 2 aromatic carbocycles. The van der Waals surface area contributed by atoms with E-state index in [0.717, 1.165) is 24.0 Å². The summed E-state index contributed by atoms with van der Waals surface area (Å²) in [6, 6.07) is 11.5. The van der Waals surface area contributed by atoms with Crippen molar-refractivity contribution in [2.45, 2.75) is 37.3 Å². The van der Waals surface area contributed by atoms with Gasteiger partial charge in [-0.05, 0) is 61.1 Å². The van der Waals surface area contributed by atoms with Crippen molar-refractivity contribution in [1.82, 2.24) is 5.32 Å². The first kappa shape index (κ1) is 22.7. The summed E-state index contributed by atoms with van der Waals surface area (Å²) < 4.78 is 29.9. The normalized spacial score (nSPS) is 22.8. The molecular formula is C24H23ClFNO4S. The van der Waals surface area contributed by atoms with Crippen LogP contribution in [0.4, 0.5) is 4.39 Å². The Bertz CT molecular complexity index is 1080. The van der Waals surface area contributed by atoms with Crippen molar-refractivity contribution >= 4 is 40.5 Å². The number of hydrogen-bond donors (Lipinski definition) is 1. The van der Waals surface area contributed by atoms with Crippen molar-refractivity contribution in [1.29, 1.82) is 0 Å². The Morgan fingerprint density at radius 2 is 1.78 bits per heavy atom. The standard InChI is InChI=1S/C24H23ClFNO4S/c1-29-17-9-11-24(12-10-17)21(31-23(32)30-2)20(22(28)27-24)18-13-15(5-8-19(18)25)14-3-6-16(26)7-4-14/h3-8,13,17H,9-12H2,1-2H3,(H,27,28). The molecule has 0 unspecified atom stereocenters. The van der Waals surface area contributed by atoms with Gasteiger partial charge in [0.25, 0.3) is 5.91 Å². The average molecular weight is 476 g/mol. The molecule has 168 valence electrons. The Balaban J connectivity index is 1.83. The molecule has 1 heterocycles. The van der Waals surface area contributed by atoms with E-state index < -0.39 is 5.54 Å². The van der Waals surface area contributed by atoms with E-state index in [9.17, 15) is 9.18 Å². The van der Waals surface area contributed by atoms with Gasteiger partial charge >= 0.3 is 5.24 Å². The highest BCUT2D eigenvalue weighted by Gasteiger charge is 2.50. The van der Waals surface area contributed by atoms with Gasteiger partial charge in [0.05, 0.1) is 24.3 Å². The molecule has 0 bridgehead atoms. The predicted molar refractivity (Wildman–Crippen MR) is 125 cm³/mol. The maximum Gasteiger partial charge on any atom is 0.357 e. The summed E-state index contributed by atoms with van der Waals surface area (Å²) in [5, 5.41) is 3.44. The molecule has 8 heteroatoms. The van der Waals surface area contributed by atoms with Crippen molar-refractivity contribution < 1.29 is 23.4 Å². The summed E-state index contributed by atoms with van der Waals surface area (Å²) in [5.41, 5.74) is 1.73. The lowest BCUT2D eigenvalue weighted by atomic mass is 9.79. The molecule has 1 aliphatic heterocycles. The van der Waals surface area contributed by atoms with Gasteiger partial charge in [0.1, 0.15) is 11.6 Å². The smallest absolute Gasteiger partial charge is 0.357 e. The highest BCUT2D eigenvalue weighted by molar-refractivity contribution is 7.79. The number of nitrogens with one attached hydrogen (secondary N) is 1. The molecule has 32 heavy (non-hydrogen) atoms. The Hall–Kier alpha value is -2.48. The molecule has 1 amide bonds. The molecule has 4 rings (SSSR count). The van der Waals surface area contributed by atoms with Crippen molar-refractivity contribution in [3.05, 3.63) is 64.6 Å². The zero-order valence-corrected chi connectivity index (χ0v) is 19.3. The lowest BCUT2D eigenvalue weighted by molar-refractivity contribution is -0.116. The van der Waals surface area contributed by atoms with Gasteiger partial charge in [-0.3, -0.25) is 4.79 Å². The largest absolute Gasteiger partial charge is 0.460 e. The van der Waals surface area contributed by atoms with Crippen LogP contribution in [-0.4, -0.2) is 37.0 Å². The van der Waals surface area contributed by atoms with Crippen LogP contribution in [-0.2, 0) is 19.0 Å². The van der Waals surface area contributed by atoms with Crippen molar-refractivity contribution in [2.75, 3.05) is 14.2 Å². The predicted octanol–water partition coefficient (Wildman–Crippen LogP) is 5.26. The van der Waals surface area contributed by atoms with E-state index in [1.807, 2.05) is 12.1 Å². The van der Waals surface area contributed by atoms with E-state index in [-0.39, 0.29) is 23.1 Å². The van der Waals surface area contributed by atoms with E-state index in [2.05, 4.69) is 5.32 Å². The topological polar surface area (TPSA) is 56.8 Å². The fourth-order valence-corrected chi connectivity index (χ4v) is 4.70. The van der Waals surface area contributed by atoms with Crippen LogP contribution in [0.2, 0.25) is 5.02 Å². The number of hydrogen-bond acceptors (Lipinski definition) is 5. The van der Waals surface area contributed by atoms with Gasteiger partial charge < -0.3 is 19.5 Å². The molecule has 0 aromatic heterocycles. The monoisotopic (exact) mass is 475 g/mol. The Labute approximate surface area is 196 Å². The van der Waals surface area contributed by atoms with E-state index in [1.54, 1.807) is 25.3 Å². The van der Waals surface area contributed by atoms with Crippen molar-refractivity contribution in [2.24, 2.45) is 0 Å². The first-order valence-electron chi connectivity index (χ1n) is 10.3. The summed E-state index contributed by atoms with van der Waals surface area (Å²) in [7, 11) is 3.11. The third kappa shape index (κ3) is 4.25. The minimum atomic E-state index is -0.709. The Morgan fingerprint density at radius 1 is 1.12 bits per heavy atom. The summed E-state index contributed by atoms with van der Waals surface area (Å²) >= 11 is 11.7. The minimum Gasteiger partial charge on any atom is -0.460 e. The number of thiocarbonyl (C=S) groups is 1. The lowest BCUT2D eigenvalue weighted by Gasteiger charge is -2.37. The number of amides is 1. The molecule has 1 fully saturated rings. The van der Waals surface area contributed by atoms with Gasteiger partial charge in [0, 0.05) is 29.9 Å². The van der Waals surface area contributed by atoms with Gasteiger partial charge in [-0.25, -0.2) is 4.39 Å². The zero-order valence-electron chi connectivity index (χ0n) is 17.7. The minimum absolute atomic E-state index is 0.0759. The van der Waals surface area contributed by atoms with Gasteiger partial charge in [0.15, 0.2) is 0 Å². The van der Waals surface area contributed by atoms with Crippen LogP contribution in [0.15, 0.2) is 48.2 Å². The fraction of sp³-hybridized carbons (Fsp3) is 0.333. The SMILES string of the molecule is COC(=S)OC1=C(c2cc(-c3ccc(F)cc3)ccc2Cl)C(=O)NC12CCC(OC)CC2. The first-order valence-corrected chi connectivity index (χ1v) is 11.1. The van der Waals surface area contributed by atoms with E-state index in [0.29, 0.717) is 34.8 Å². The van der Waals surface area contributed by atoms with Crippen LogP contribution < -0.4 is 5.32 Å². The summed E-state index contributed by atoms with van der Waals surface area (Å²) in [6.07, 6.45) is 2.93. The van der Waals surface area contributed by atoms with E-state index >= 15 is 0 Å². The molecule has 2 aromatic rings. The summed E-state index contributed by atoms with van der Waals surface area (Å²) in [5.74, 6) is -0.187. The van der Waals surface area contributed by atoms with Crippen LogP contribution in [0, 0.1) is 5.82 Å². The van der Waals surface area contributed by atoms with Crippen LogP contribution in [0.3, 0.4) is 0 Å². The molecular weight excluding hydrogens is 453 g/mol. The molecule has 1 saturated carbocycles. The van der Waals surface area contributed by atoms with Gasteiger partial charge in [-0.15, -0.1) is 0 Å². The second-order valence-corrected chi connectivity index (χ2v) is 8.67. The fourth-order valence-electron chi connectivity index (χ4n) is 4.41. The Morgan fingerprint density at radius 3 is 2.41 bits per heavy atom. The third-order valence-corrected chi connectivity index (χ3v) is 6.71. The van der Waals surface area contributed by atoms with Gasteiger partial charge in [-0.1, -0.05) is 29.8 Å². The number of carbonyl (C=O) groups excluding carboxylic acids is 1. The molecule has 2 aliphatic rings. The number of ether oxygens (including phenoxy) is 3. The Kier molecular flexibility index (Phi) is 6.51. The molecule has 0 saturated heterocycles. The number of halogens is 2.